The van der Waals surface area contributed by atoms with Crippen molar-refractivity contribution in [2.24, 2.45) is 0 Å². The van der Waals surface area contributed by atoms with E-state index in [9.17, 15) is 14.0 Å². The molecule has 0 aliphatic carbocycles. The van der Waals surface area contributed by atoms with Gasteiger partial charge < -0.3 is 14.6 Å². The van der Waals surface area contributed by atoms with E-state index in [-0.39, 0.29) is 23.9 Å². The molecule has 0 saturated carbocycles. The third-order valence-electron chi connectivity index (χ3n) is 4.54. The Balaban J connectivity index is 1.60. The van der Waals surface area contributed by atoms with Crippen LogP contribution in [0, 0.1) is 12.7 Å². The Morgan fingerprint density at radius 1 is 1.35 bits per heavy atom. The van der Waals surface area contributed by atoms with E-state index in [1.54, 1.807) is 15.9 Å². The molecule has 0 radical (unpaired) electrons. The van der Waals surface area contributed by atoms with Gasteiger partial charge in [-0.1, -0.05) is 0 Å². The second kappa shape index (κ2) is 4.97. The number of H-pyrrole nitrogens is 1. The molecule has 0 spiro atoms. The molecule has 2 aliphatic heterocycles. The number of halogens is 1. The lowest BCUT2D eigenvalue weighted by molar-refractivity contribution is 0.0612. The van der Waals surface area contributed by atoms with Crippen LogP contribution in [0.15, 0.2) is 18.2 Å². The van der Waals surface area contributed by atoms with Gasteiger partial charge >= 0.3 is 6.09 Å². The molecule has 0 bridgehead atoms. The molecule has 120 valence electrons. The number of carbonyl (C=O) groups excluding carboxylic acids is 2. The van der Waals surface area contributed by atoms with Gasteiger partial charge in [0.1, 0.15) is 18.1 Å². The lowest BCUT2D eigenvalue weighted by Gasteiger charge is -2.35. The first-order chi connectivity index (χ1) is 11.0. The van der Waals surface area contributed by atoms with Gasteiger partial charge in [0, 0.05) is 30.5 Å². The highest BCUT2D eigenvalue weighted by molar-refractivity contribution is 5.99. The van der Waals surface area contributed by atoms with E-state index in [1.807, 2.05) is 6.92 Å². The van der Waals surface area contributed by atoms with Gasteiger partial charge in [0.15, 0.2) is 0 Å². The summed E-state index contributed by atoms with van der Waals surface area (Å²) in [6, 6.07) is 4.52. The highest BCUT2D eigenvalue weighted by Gasteiger charge is 2.39. The first-order valence-electron chi connectivity index (χ1n) is 7.54. The molecule has 6 nitrogen and oxygen atoms in total. The fourth-order valence-electron chi connectivity index (χ4n) is 3.33. The van der Waals surface area contributed by atoms with E-state index in [2.05, 4.69) is 4.98 Å². The van der Waals surface area contributed by atoms with Crippen molar-refractivity contribution in [3.05, 3.63) is 35.3 Å². The van der Waals surface area contributed by atoms with Crippen LogP contribution in [0.5, 0.6) is 0 Å². The molecule has 2 fully saturated rings. The Hall–Kier alpha value is -2.57. The van der Waals surface area contributed by atoms with E-state index in [0.717, 1.165) is 10.9 Å². The van der Waals surface area contributed by atoms with Crippen LogP contribution >= 0.6 is 0 Å². The molecule has 23 heavy (non-hydrogen) atoms. The molecule has 1 N–H and O–H groups in total. The van der Waals surface area contributed by atoms with Crippen LogP contribution in [0.25, 0.3) is 10.9 Å². The molecule has 3 heterocycles. The minimum Gasteiger partial charge on any atom is -0.447 e. The predicted octanol–water partition coefficient (Wildman–Crippen LogP) is 1.89. The number of piperazine rings is 1. The van der Waals surface area contributed by atoms with Crippen LogP contribution in [-0.4, -0.2) is 59.1 Å². The van der Waals surface area contributed by atoms with Gasteiger partial charge in [-0.15, -0.1) is 0 Å². The highest BCUT2D eigenvalue weighted by Crippen LogP contribution is 2.23. The third kappa shape index (κ3) is 2.23. The Morgan fingerprint density at radius 3 is 3.00 bits per heavy atom. The van der Waals surface area contributed by atoms with Crippen LogP contribution in [0.3, 0.4) is 0 Å². The van der Waals surface area contributed by atoms with Crippen molar-refractivity contribution in [3.8, 4) is 0 Å². The van der Waals surface area contributed by atoms with Gasteiger partial charge in [0.2, 0.25) is 0 Å². The summed E-state index contributed by atoms with van der Waals surface area (Å²) in [6.45, 7) is 3.52. The fourth-order valence-corrected chi connectivity index (χ4v) is 3.33. The largest absolute Gasteiger partial charge is 0.447 e. The summed E-state index contributed by atoms with van der Waals surface area (Å²) in [6.07, 6.45) is -0.307. The number of aryl methyl sites for hydroxylation is 1. The smallest absolute Gasteiger partial charge is 0.410 e. The minimum atomic E-state index is -0.328. The molecule has 1 atom stereocenters. The summed E-state index contributed by atoms with van der Waals surface area (Å²) >= 11 is 0. The van der Waals surface area contributed by atoms with Crippen molar-refractivity contribution in [1.29, 1.82) is 0 Å². The number of cyclic esters (lactones) is 1. The number of aromatic nitrogens is 1. The number of fused-ring (bicyclic) bond motifs is 2. The van der Waals surface area contributed by atoms with Crippen molar-refractivity contribution in [1.82, 2.24) is 14.8 Å². The zero-order valence-electron chi connectivity index (χ0n) is 12.6. The maximum absolute atomic E-state index is 13.5. The standard InChI is InChI=1S/C16H16FN3O3/c1-9-4-10(17)5-13-12(9)6-14(18-13)15(21)19-2-3-20-11(7-19)8-23-16(20)22/h4-6,11,18H,2-3,7-8H2,1H3. The number of carbonyl (C=O) groups is 2. The fraction of sp³-hybridized carbons (Fsp3) is 0.375. The maximum atomic E-state index is 13.5. The molecule has 4 rings (SSSR count). The number of nitrogens with zero attached hydrogens (tertiary/aromatic N) is 2. The van der Waals surface area contributed by atoms with Gasteiger partial charge in [-0.25, -0.2) is 9.18 Å². The molecule has 2 aliphatic rings. The molecule has 2 saturated heterocycles. The number of benzene rings is 1. The van der Waals surface area contributed by atoms with Crippen molar-refractivity contribution >= 4 is 22.9 Å². The molecule has 2 amide bonds. The second-order valence-corrected chi connectivity index (χ2v) is 6.04. The quantitative estimate of drug-likeness (QED) is 0.873. The summed E-state index contributed by atoms with van der Waals surface area (Å²) in [5.74, 6) is -0.467. The zero-order chi connectivity index (χ0) is 16.1. The van der Waals surface area contributed by atoms with Gasteiger partial charge in [-0.05, 0) is 30.7 Å². The van der Waals surface area contributed by atoms with E-state index in [1.165, 1.54) is 12.1 Å². The third-order valence-corrected chi connectivity index (χ3v) is 4.54. The van der Waals surface area contributed by atoms with Crippen LogP contribution in [0.4, 0.5) is 9.18 Å². The van der Waals surface area contributed by atoms with Crippen LogP contribution in [0.1, 0.15) is 16.1 Å². The van der Waals surface area contributed by atoms with E-state index in [0.29, 0.717) is 37.5 Å². The summed E-state index contributed by atoms with van der Waals surface area (Å²) in [7, 11) is 0. The average molecular weight is 317 g/mol. The molecular formula is C16H16FN3O3. The van der Waals surface area contributed by atoms with Crippen molar-refractivity contribution in [3.63, 3.8) is 0 Å². The number of rotatable bonds is 1. The molecule has 1 aromatic heterocycles. The normalized spacial score (nSPS) is 20.8. The summed E-state index contributed by atoms with van der Waals surface area (Å²) in [4.78, 5) is 30.6. The first-order valence-corrected chi connectivity index (χ1v) is 7.54. The molecule has 1 aromatic carbocycles. The van der Waals surface area contributed by atoms with Crippen molar-refractivity contribution in [2.75, 3.05) is 26.2 Å². The van der Waals surface area contributed by atoms with Crippen molar-refractivity contribution in [2.45, 2.75) is 13.0 Å². The van der Waals surface area contributed by atoms with Gasteiger partial charge in [-0.3, -0.25) is 9.69 Å². The lowest BCUT2D eigenvalue weighted by Crippen LogP contribution is -2.53. The Bertz CT molecular complexity index is 816. The van der Waals surface area contributed by atoms with E-state index < -0.39 is 0 Å². The monoisotopic (exact) mass is 317 g/mol. The Labute approximate surface area is 131 Å². The molecule has 1 unspecified atom stereocenters. The predicted molar refractivity (Wildman–Crippen MR) is 80.7 cm³/mol. The summed E-state index contributed by atoms with van der Waals surface area (Å²) in [5, 5.41) is 0.841. The minimum absolute atomic E-state index is 0.0799. The number of hydrogen-bond donors (Lipinski definition) is 1. The second-order valence-electron chi connectivity index (χ2n) is 6.04. The number of hydrogen-bond acceptors (Lipinski definition) is 3. The van der Waals surface area contributed by atoms with Gasteiger partial charge in [0.05, 0.1) is 6.04 Å². The molecule has 7 heteroatoms. The summed E-state index contributed by atoms with van der Waals surface area (Å²) < 4.78 is 18.5. The summed E-state index contributed by atoms with van der Waals surface area (Å²) in [5.41, 5.74) is 1.84. The maximum Gasteiger partial charge on any atom is 0.410 e. The zero-order valence-corrected chi connectivity index (χ0v) is 12.6. The highest BCUT2D eigenvalue weighted by atomic mass is 19.1. The number of amides is 2. The SMILES string of the molecule is Cc1cc(F)cc2[nH]c(C(=O)N3CCN4C(=O)OCC4C3)cc12. The molecule has 2 aromatic rings. The lowest BCUT2D eigenvalue weighted by atomic mass is 10.1. The van der Waals surface area contributed by atoms with E-state index in [4.69, 9.17) is 4.74 Å². The van der Waals surface area contributed by atoms with Crippen LogP contribution < -0.4 is 0 Å². The van der Waals surface area contributed by atoms with Crippen LogP contribution in [0.2, 0.25) is 0 Å². The van der Waals surface area contributed by atoms with Gasteiger partial charge in [0.25, 0.3) is 5.91 Å². The number of aromatic amines is 1. The topological polar surface area (TPSA) is 65.6 Å². The Morgan fingerprint density at radius 2 is 2.17 bits per heavy atom. The number of ether oxygens (including phenoxy) is 1. The van der Waals surface area contributed by atoms with Crippen molar-refractivity contribution < 1.29 is 18.7 Å². The first kappa shape index (κ1) is 14.0. The van der Waals surface area contributed by atoms with E-state index >= 15 is 0 Å². The average Bonchev–Trinajstić information content (AvgIpc) is 3.10. The Kier molecular flexibility index (Phi) is 3.04. The van der Waals surface area contributed by atoms with Crippen LogP contribution in [-0.2, 0) is 4.74 Å². The molecular weight excluding hydrogens is 301 g/mol. The van der Waals surface area contributed by atoms with Gasteiger partial charge in [-0.2, -0.15) is 0 Å². The number of nitrogens with one attached hydrogen (secondary N) is 1.